The van der Waals surface area contributed by atoms with Gasteiger partial charge in [-0.15, -0.1) is 0 Å². The lowest BCUT2D eigenvalue weighted by Gasteiger charge is -2.29. The molecule has 31 heavy (non-hydrogen) atoms. The number of aromatic nitrogens is 2. The Morgan fingerprint density at radius 3 is 2.29 bits per heavy atom. The Kier molecular flexibility index (Phi) is 6.11. The van der Waals surface area contributed by atoms with Crippen LogP contribution in [-0.4, -0.2) is 50.5 Å². The van der Waals surface area contributed by atoms with E-state index in [2.05, 4.69) is 14.9 Å². The van der Waals surface area contributed by atoms with E-state index in [1.165, 1.54) is 6.92 Å². The van der Waals surface area contributed by atoms with Crippen molar-refractivity contribution in [3.05, 3.63) is 66.7 Å². The van der Waals surface area contributed by atoms with Crippen molar-refractivity contribution in [2.75, 3.05) is 31.2 Å². The number of rotatable bonds is 6. The van der Waals surface area contributed by atoms with E-state index in [0.29, 0.717) is 43.3 Å². The molecule has 1 aliphatic heterocycles. The molecule has 0 N–H and O–H groups in total. The molecule has 0 atom stereocenters. The van der Waals surface area contributed by atoms with Gasteiger partial charge in [0.15, 0.2) is 0 Å². The first kappa shape index (κ1) is 21.1. The number of anilines is 1. The Morgan fingerprint density at radius 2 is 1.65 bits per heavy atom. The minimum absolute atomic E-state index is 0.0155. The highest BCUT2D eigenvalue weighted by Crippen LogP contribution is 2.31. The van der Waals surface area contributed by atoms with Crippen LogP contribution in [0, 0.1) is 0 Å². The number of benzene rings is 2. The number of sulfone groups is 1. The van der Waals surface area contributed by atoms with Gasteiger partial charge in [0.25, 0.3) is 0 Å². The van der Waals surface area contributed by atoms with Crippen LogP contribution in [0.25, 0.3) is 11.1 Å². The van der Waals surface area contributed by atoms with E-state index in [0.717, 1.165) is 5.69 Å². The van der Waals surface area contributed by atoms with Gasteiger partial charge in [0.05, 0.1) is 29.4 Å². The molecule has 1 saturated heterocycles. The number of hydrogen-bond acceptors (Lipinski definition) is 7. The van der Waals surface area contributed by atoms with E-state index in [9.17, 15) is 13.2 Å². The highest BCUT2D eigenvalue weighted by atomic mass is 32.2. The summed E-state index contributed by atoms with van der Waals surface area (Å²) >= 11 is 0. The lowest BCUT2D eigenvalue weighted by Crippen LogP contribution is -2.36. The van der Waals surface area contributed by atoms with Gasteiger partial charge in [-0.1, -0.05) is 18.2 Å². The predicted molar refractivity (Wildman–Crippen MR) is 117 cm³/mol. The molecule has 1 aliphatic rings. The van der Waals surface area contributed by atoms with Crippen LogP contribution in [0.3, 0.4) is 0 Å². The minimum atomic E-state index is -3.70. The van der Waals surface area contributed by atoms with Crippen molar-refractivity contribution in [1.82, 2.24) is 9.97 Å². The molecule has 160 valence electrons. The van der Waals surface area contributed by atoms with Gasteiger partial charge in [-0.3, -0.25) is 4.79 Å². The van der Waals surface area contributed by atoms with Crippen molar-refractivity contribution >= 4 is 21.3 Å². The monoisotopic (exact) mass is 437 g/mol. The Labute approximate surface area is 181 Å². The summed E-state index contributed by atoms with van der Waals surface area (Å²) < 4.78 is 32.1. The average molecular weight is 438 g/mol. The van der Waals surface area contributed by atoms with Crippen molar-refractivity contribution in [3.8, 4) is 11.1 Å². The Hall–Kier alpha value is -3.10. The van der Waals surface area contributed by atoms with Crippen LogP contribution in [0.5, 0.6) is 0 Å². The number of ether oxygens (including phenoxy) is 1. The van der Waals surface area contributed by atoms with Crippen LogP contribution in [-0.2, 0) is 25.8 Å². The summed E-state index contributed by atoms with van der Waals surface area (Å²) in [6.07, 6.45) is 3.42. The molecule has 0 unspecified atom stereocenters. The lowest BCUT2D eigenvalue weighted by molar-refractivity contribution is -0.116. The third-order valence-electron chi connectivity index (χ3n) is 5.08. The number of carbonyl (C=O) groups excluding carboxylic acids is 1. The molecule has 0 spiro atoms. The fourth-order valence-corrected chi connectivity index (χ4v) is 4.81. The minimum Gasteiger partial charge on any atom is -0.378 e. The fourth-order valence-electron chi connectivity index (χ4n) is 3.46. The zero-order valence-corrected chi connectivity index (χ0v) is 18.0. The van der Waals surface area contributed by atoms with Crippen LogP contribution in [0.4, 0.5) is 5.69 Å². The van der Waals surface area contributed by atoms with Crippen LogP contribution in [0.15, 0.2) is 70.7 Å². The molecule has 2 aromatic carbocycles. The molecule has 0 bridgehead atoms. The Morgan fingerprint density at radius 1 is 0.968 bits per heavy atom. The fraction of sp³-hybridized carbons (Fsp3) is 0.261. The van der Waals surface area contributed by atoms with Crippen LogP contribution >= 0.6 is 0 Å². The van der Waals surface area contributed by atoms with E-state index in [1.807, 2.05) is 6.07 Å². The maximum atomic E-state index is 13.3. The summed E-state index contributed by atoms with van der Waals surface area (Å²) in [7, 11) is -3.70. The maximum absolute atomic E-state index is 13.3. The van der Waals surface area contributed by atoms with Gasteiger partial charge in [-0.05, 0) is 42.8 Å². The number of Topliss-reactive ketones (excluding diaryl/α,β-unsaturated/α-hetero) is 1. The second-order valence-electron chi connectivity index (χ2n) is 7.40. The number of carbonyl (C=O) groups is 1. The summed E-state index contributed by atoms with van der Waals surface area (Å²) in [5.74, 6) is 0.427. The molecule has 0 amide bonds. The molecular weight excluding hydrogens is 414 g/mol. The largest absolute Gasteiger partial charge is 0.378 e. The summed E-state index contributed by atoms with van der Waals surface area (Å²) in [6.45, 7) is 4.04. The summed E-state index contributed by atoms with van der Waals surface area (Å²) in [4.78, 5) is 22.4. The van der Waals surface area contributed by atoms with Gasteiger partial charge in [0.1, 0.15) is 11.6 Å². The smallest absolute Gasteiger partial charge is 0.206 e. The molecule has 8 heteroatoms. The first-order valence-corrected chi connectivity index (χ1v) is 11.5. The second kappa shape index (κ2) is 8.95. The zero-order valence-electron chi connectivity index (χ0n) is 17.2. The standard InChI is InChI=1S/C23H23N3O4S/c1-17(27)11-23-24-15-19(16-25-23)18-12-20(26-7-9-30-10-8-26)14-22(13-18)31(28,29)21-5-3-2-4-6-21/h2-6,12-16H,7-11H2,1H3. The van der Waals surface area contributed by atoms with Gasteiger partial charge in [-0.25, -0.2) is 18.4 Å². The van der Waals surface area contributed by atoms with Crippen molar-refractivity contribution in [2.24, 2.45) is 0 Å². The van der Waals surface area contributed by atoms with Gasteiger partial charge < -0.3 is 9.64 Å². The lowest BCUT2D eigenvalue weighted by atomic mass is 10.1. The molecule has 1 fully saturated rings. The average Bonchev–Trinajstić information content (AvgIpc) is 2.80. The van der Waals surface area contributed by atoms with Crippen LogP contribution < -0.4 is 4.90 Å². The van der Waals surface area contributed by atoms with Gasteiger partial charge in [0.2, 0.25) is 9.84 Å². The third-order valence-corrected chi connectivity index (χ3v) is 6.83. The molecule has 0 radical (unpaired) electrons. The van der Waals surface area contributed by atoms with E-state index in [1.54, 1.807) is 54.9 Å². The second-order valence-corrected chi connectivity index (χ2v) is 9.35. The van der Waals surface area contributed by atoms with Crippen LogP contribution in [0.2, 0.25) is 0 Å². The normalized spacial score (nSPS) is 14.4. The number of hydrogen-bond donors (Lipinski definition) is 0. The summed E-state index contributed by atoms with van der Waals surface area (Å²) in [5, 5.41) is 0. The van der Waals surface area contributed by atoms with Gasteiger partial charge >= 0.3 is 0 Å². The molecular formula is C23H23N3O4S. The Bertz CT molecular complexity index is 1170. The highest BCUT2D eigenvalue weighted by Gasteiger charge is 2.22. The van der Waals surface area contributed by atoms with Crippen molar-refractivity contribution in [1.29, 1.82) is 0 Å². The molecule has 3 aromatic rings. The third kappa shape index (κ3) is 4.81. The number of ketones is 1. The molecule has 2 heterocycles. The van der Waals surface area contributed by atoms with Crippen molar-refractivity contribution < 1.29 is 17.9 Å². The van der Waals surface area contributed by atoms with E-state index >= 15 is 0 Å². The molecule has 0 aliphatic carbocycles. The SMILES string of the molecule is CC(=O)Cc1ncc(-c2cc(N3CCOCC3)cc(S(=O)(=O)c3ccccc3)c2)cn1. The summed E-state index contributed by atoms with van der Waals surface area (Å²) in [5.41, 5.74) is 2.20. The van der Waals surface area contributed by atoms with E-state index < -0.39 is 9.84 Å². The number of morpholine rings is 1. The zero-order chi connectivity index (χ0) is 21.8. The quantitative estimate of drug-likeness (QED) is 0.586. The molecule has 4 rings (SSSR count). The van der Waals surface area contributed by atoms with Gasteiger partial charge in [0, 0.05) is 36.7 Å². The number of nitrogens with zero attached hydrogens (tertiary/aromatic N) is 3. The van der Waals surface area contributed by atoms with E-state index in [4.69, 9.17) is 4.74 Å². The van der Waals surface area contributed by atoms with Crippen molar-refractivity contribution in [2.45, 2.75) is 23.1 Å². The molecule has 0 saturated carbocycles. The first-order valence-electron chi connectivity index (χ1n) is 10.0. The Balaban J connectivity index is 1.79. The molecule has 1 aromatic heterocycles. The van der Waals surface area contributed by atoms with Crippen LogP contribution in [0.1, 0.15) is 12.7 Å². The van der Waals surface area contributed by atoms with Gasteiger partial charge in [-0.2, -0.15) is 0 Å². The predicted octanol–water partition coefficient (Wildman–Crippen LogP) is 2.94. The van der Waals surface area contributed by atoms with Crippen molar-refractivity contribution in [3.63, 3.8) is 0 Å². The highest BCUT2D eigenvalue weighted by molar-refractivity contribution is 7.91. The topological polar surface area (TPSA) is 89.5 Å². The molecule has 7 nitrogen and oxygen atoms in total. The first-order chi connectivity index (χ1) is 14.9. The maximum Gasteiger partial charge on any atom is 0.206 e. The summed E-state index contributed by atoms with van der Waals surface area (Å²) in [6, 6.07) is 13.7. The van der Waals surface area contributed by atoms with E-state index in [-0.39, 0.29) is 22.0 Å².